The van der Waals surface area contributed by atoms with Gasteiger partial charge in [0.1, 0.15) is 5.82 Å². The van der Waals surface area contributed by atoms with Gasteiger partial charge in [-0.15, -0.1) is 0 Å². The monoisotopic (exact) mass is 369 g/mol. The number of carbonyl (C=O) groups is 1. The zero-order valence-electron chi connectivity index (χ0n) is 11.6. The molecule has 1 amide bonds. The number of nitrogens with zero attached hydrogens (tertiary/aromatic N) is 1. The normalized spacial score (nSPS) is 12.0. The van der Waals surface area contributed by atoms with Crippen molar-refractivity contribution >= 4 is 33.4 Å². The molecule has 1 unspecified atom stereocenters. The van der Waals surface area contributed by atoms with Crippen molar-refractivity contribution in [3.8, 4) is 0 Å². The van der Waals surface area contributed by atoms with Gasteiger partial charge in [0.25, 0.3) is 5.91 Å². The summed E-state index contributed by atoms with van der Waals surface area (Å²) in [5.41, 5.74) is 1.29. The van der Waals surface area contributed by atoms with Crippen LogP contribution in [0.5, 0.6) is 0 Å². The van der Waals surface area contributed by atoms with Crippen LogP contribution in [0.4, 0.5) is 4.39 Å². The molecule has 5 heteroatoms. The minimum Gasteiger partial charge on any atom is -0.335 e. The summed E-state index contributed by atoms with van der Waals surface area (Å²) in [4.78, 5) is 14.1. The molecule has 0 heterocycles. The lowest BCUT2D eigenvalue weighted by Crippen LogP contribution is -2.29. The predicted octanol–water partition coefficient (Wildman–Crippen LogP) is 5.07. The predicted molar refractivity (Wildman–Crippen MR) is 86.1 cm³/mol. The Bertz CT molecular complexity index is 677. The van der Waals surface area contributed by atoms with Crippen LogP contribution < -0.4 is 0 Å². The smallest absolute Gasteiger partial charge is 0.254 e. The average Bonchev–Trinajstić information content (AvgIpc) is 2.48. The maximum atomic E-state index is 13.3. The van der Waals surface area contributed by atoms with E-state index >= 15 is 0 Å². The molecule has 0 aliphatic carbocycles. The number of hydrogen-bond acceptors (Lipinski definition) is 1. The summed E-state index contributed by atoms with van der Waals surface area (Å²) in [6, 6.07) is 11.4. The van der Waals surface area contributed by atoms with Crippen molar-refractivity contribution in [1.29, 1.82) is 0 Å². The Morgan fingerprint density at radius 1 is 1.29 bits per heavy atom. The van der Waals surface area contributed by atoms with Gasteiger partial charge in [-0.1, -0.05) is 29.8 Å². The van der Waals surface area contributed by atoms with Crippen molar-refractivity contribution < 1.29 is 9.18 Å². The Morgan fingerprint density at radius 2 is 1.95 bits per heavy atom. The van der Waals surface area contributed by atoms with Crippen molar-refractivity contribution in [3.05, 3.63) is 68.9 Å². The second-order valence-electron chi connectivity index (χ2n) is 4.74. The van der Waals surface area contributed by atoms with Gasteiger partial charge in [0.2, 0.25) is 0 Å². The highest BCUT2D eigenvalue weighted by atomic mass is 79.9. The number of benzene rings is 2. The van der Waals surface area contributed by atoms with Gasteiger partial charge in [-0.25, -0.2) is 4.39 Å². The van der Waals surface area contributed by atoms with E-state index in [0.29, 0.717) is 10.6 Å². The molecular formula is C16H14BrClFNO. The van der Waals surface area contributed by atoms with E-state index in [4.69, 9.17) is 11.6 Å². The summed E-state index contributed by atoms with van der Waals surface area (Å²) in [6.07, 6.45) is 0. The first-order chi connectivity index (χ1) is 9.91. The fourth-order valence-electron chi connectivity index (χ4n) is 2.03. The molecular weight excluding hydrogens is 357 g/mol. The Balaban J connectivity index is 2.26. The van der Waals surface area contributed by atoms with E-state index in [0.717, 1.165) is 5.56 Å². The van der Waals surface area contributed by atoms with Crippen LogP contribution in [0.25, 0.3) is 0 Å². The van der Waals surface area contributed by atoms with Gasteiger partial charge in [0.15, 0.2) is 0 Å². The molecule has 21 heavy (non-hydrogen) atoms. The van der Waals surface area contributed by atoms with Crippen LogP contribution in [0.2, 0.25) is 5.02 Å². The van der Waals surface area contributed by atoms with Gasteiger partial charge < -0.3 is 4.90 Å². The van der Waals surface area contributed by atoms with Gasteiger partial charge >= 0.3 is 0 Å². The van der Waals surface area contributed by atoms with E-state index in [9.17, 15) is 9.18 Å². The lowest BCUT2D eigenvalue weighted by Gasteiger charge is -2.26. The molecule has 2 nitrogen and oxygen atoms in total. The molecule has 2 aromatic carbocycles. The molecule has 0 saturated heterocycles. The molecule has 110 valence electrons. The summed E-state index contributed by atoms with van der Waals surface area (Å²) in [5, 5.41) is 0.616. The molecule has 0 spiro atoms. The minimum absolute atomic E-state index is 0.185. The van der Waals surface area contributed by atoms with Crippen LogP contribution in [-0.2, 0) is 0 Å². The minimum atomic E-state index is -0.395. The molecule has 0 aromatic heterocycles. The highest BCUT2D eigenvalue weighted by Gasteiger charge is 2.21. The summed E-state index contributed by atoms with van der Waals surface area (Å²) in [5.74, 6) is -0.587. The lowest BCUT2D eigenvalue weighted by molar-refractivity contribution is 0.0742. The number of rotatable bonds is 3. The molecule has 0 bridgehead atoms. The van der Waals surface area contributed by atoms with Crippen molar-refractivity contribution in [2.45, 2.75) is 13.0 Å². The van der Waals surface area contributed by atoms with Crippen LogP contribution in [-0.4, -0.2) is 17.9 Å². The fraction of sp³-hybridized carbons (Fsp3) is 0.188. The van der Waals surface area contributed by atoms with Crippen LogP contribution in [0.3, 0.4) is 0 Å². The van der Waals surface area contributed by atoms with Crippen LogP contribution in [0.1, 0.15) is 28.9 Å². The summed E-state index contributed by atoms with van der Waals surface area (Å²) in [7, 11) is 1.70. The quantitative estimate of drug-likeness (QED) is 0.738. The van der Waals surface area contributed by atoms with Gasteiger partial charge in [0, 0.05) is 17.6 Å². The first kappa shape index (κ1) is 16.0. The topological polar surface area (TPSA) is 20.3 Å². The maximum absolute atomic E-state index is 13.3. The van der Waals surface area contributed by atoms with Crippen LogP contribution >= 0.6 is 27.5 Å². The maximum Gasteiger partial charge on any atom is 0.254 e. The highest BCUT2D eigenvalue weighted by molar-refractivity contribution is 9.10. The number of carbonyl (C=O) groups excluding carboxylic acids is 1. The summed E-state index contributed by atoms with van der Waals surface area (Å²) in [6.45, 7) is 1.90. The molecule has 2 rings (SSSR count). The molecule has 0 N–H and O–H groups in total. The van der Waals surface area contributed by atoms with E-state index < -0.39 is 5.82 Å². The zero-order chi connectivity index (χ0) is 15.6. The molecule has 0 saturated carbocycles. The molecule has 0 fully saturated rings. The van der Waals surface area contributed by atoms with E-state index in [2.05, 4.69) is 15.9 Å². The van der Waals surface area contributed by atoms with E-state index in [1.165, 1.54) is 18.2 Å². The third-order valence-corrected chi connectivity index (χ3v) is 4.38. The van der Waals surface area contributed by atoms with Crippen molar-refractivity contribution in [3.63, 3.8) is 0 Å². The van der Waals surface area contributed by atoms with Crippen molar-refractivity contribution in [1.82, 2.24) is 4.90 Å². The average molecular weight is 371 g/mol. The zero-order valence-corrected chi connectivity index (χ0v) is 14.0. The molecule has 2 aromatic rings. The third-order valence-electron chi connectivity index (χ3n) is 3.42. The highest BCUT2D eigenvalue weighted by Crippen LogP contribution is 2.27. The molecule has 0 aliphatic heterocycles. The number of hydrogen-bond donors (Lipinski definition) is 0. The Hall–Kier alpha value is -1.39. The van der Waals surface area contributed by atoms with Gasteiger partial charge in [-0.2, -0.15) is 0 Å². The summed E-state index contributed by atoms with van der Waals surface area (Å²) < 4.78 is 13.5. The largest absolute Gasteiger partial charge is 0.335 e. The first-order valence-electron chi connectivity index (χ1n) is 6.38. The number of amides is 1. The van der Waals surface area contributed by atoms with Crippen molar-refractivity contribution in [2.24, 2.45) is 0 Å². The lowest BCUT2D eigenvalue weighted by atomic mass is 10.1. The fourth-order valence-corrected chi connectivity index (χ4v) is 2.70. The van der Waals surface area contributed by atoms with Gasteiger partial charge in [-0.3, -0.25) is 4.79 Å². The number of halogens is 3. The standard InChI is InChI=1S/C16H14BrClFNO/c1-10(12-5-3-4-6-14(12)18)20(2)16(21)11-7-8-15(19)13(17)9-11/h3-10H,1-2H3. The second kappa shape index (κ2) is 6.58. The third kappa shape index (κ3) is 3.44. The van der Waals surface area contributed by atoms with E-state index in [1.807, 2.05) is 25.1 Å². The molecule has 1 atom stereocenters. The Morgan fingerprint density at radius 3 is 2.57 bits per heavy atom. The van der Waals surface area contributed by atoms with E-state index in [1.54, 1.807) is 18.0 Å². The SMILES string of the molecule is CC(c1ccccc1Cl)N(C)C(=O)c1ccc(F)c(Br)c1. The Kier molecular flexibility index (Phi) is 5.01. The molecule has 0 radical (unpaired) electrons. The molecule has 0 aliphatic rings. The Labute approximate surface area is 136 Å². The van der Waals surface area contributed by atoms with Gasteiger partial charge in [0.05, 0.1) is 10.5 Å². The van der Waals surface area contributed by atoms with Crippen LogP contribution in [0, 0.1) is 5.82 Å². The van der Waals surface area contributed by atoms with Crippen LogP contribution in [0.15, 0.2) is 46.9 Å². The van der Waals surface area contributed by atoms with E-state index in [-0.39, 0.29) is 16.4 Å². The van der Waals surface area contributed by atoms with Crippen molar-refractivity contribution in [2.75, 3.05) is 7.05 Å². The second-order valence-corrected chi connectivity index (χ2v) is 6.00. The van der Waals surface area contributed by atoms with Gasteiger partial charge in [-0.05, 0) is 52.7 Å². The first-order valence-corrected chi connectivity index (χ1v) is 7.55. The summed E-state index contributed by atoms with van der Waals surface area (Å²) >= 11 is 9.26.